The van der Waals surface area contributed by atoms with Crippen LogP contribution >= 0.6 is 0 Å². The minimum atomic E-state index is -1.47. The third kappa shape index (κ3) is 3.95. The molecule has 0 saturated heterocycles. The normalized spacial score (nSPS) is 11.6. The smallest absolute Gasteiger partial charge is 0.326 e. The Hall–Kier alpha value is -2.64. The molecule has 0 aliphatic rings. The molecule has 0 aliphatic heterocycles. The molecule has 1 atom stereocenters. The molecule has 2 amide bonds. The van der Waals surface area contributed by atoms with Crippen molar-refractivity contribution >= 4 is 17.8 Å². The van der Waals surface area contributed by atoms with Crippen molar-refractivity contribution in [1.29, 1.82) is 0 Å². The Kier molecular flexibility index (Phi) is 4.41. The van der Waals surface area contributed by atoms with E-state index in [4.69, 9.17) is 10.8 Å². The third-order valence-electron chi connectivity index (χ3n) is 2.31. The minimum Gasteiger partial charge on any atom is -0.480 e. The van der Waals surface area contributed by atoms with Crippen LogP contribution in [0.4, 0.5) is 0 Å². The number of nitrogens with one attached hydrogen (secondary N) is 2. The Bertz CT molecular complexity index is 578. The molecule has 0 radical (unpaired) electrons. The number of carbonyl (C=O) groups excluding carboxylic acids is 2. The van der Waals surface area contributed by atoms with E-state index in [2.05, 4.69) is 10.3 Å². The van der Waals surface area contributed by atoms with Gasteiger partial charge < -0.3 is 21.1 Å². The second-order valence-corrected chi connectivity index (χ2v) is 3.92. The van der Waals surface area contributed by atoms with Crippen LogP contribution < -0.4 is 16.6 Å². The van der Waals surface area contributed by atoms with E-state index in [1.807, 2.05) is 0 Å². The Morgan fingerprint density at radius 3 is 2.53 bits per heavy atom. The van der Waals surface area contributed by atoms with E-state index in [9.17, 15) is 19.2 Å². The van der Waals surface area contributed by atoms with E-state index in [0.717, 1.165) is 0 Å². The third-order valence-corrected chi connectivity index (χ3v) is 2.31. The van der Waals surface area contributed by atoms with E-state index < -0.39 is 35.8 Å². The molecule has 0 spiro atoms. The van der Waals surface area contributed by atoms with E-state index >= 15 is 0 Å². The van der Waals surface area contributed by atoms with Gasteiger partial charge in [0.2, 0.25) is 5.91 Å². The number of hydrogen-bond donors (Lipinski definition) is 4. The number of nitrogens with two attached hydrogens (primary N) is 1. The quantitative estimate of drug-likeness (QED) is 0.526. The van der Waals surface area contributed by atoms with Gasteiger partial charge in [-0.25, -0.2) is 4.79 Å². The summed E-state index contributed by atoms with van der Waals surface area (Å²) in [6, 6.07) is 1.30. The molecule has 0 aromatic carbocycles. The van der Waals surface area contributed by atoms with Gasteiger partial charge in [0.05, 0.1) is 6.42 Å². The van der Waals surface area contributed by atoms with E-state index in [1.54, 1.807) is 6.92 Å². The van der Waals surface area contributed by atoms with Gasteiger partial charge in [-0.2, -0.15) is 0 Å². The number of aliphatic carboxylic acids is 1. The van der Waals surface area contributed by atoms with Crippen LogP contribution in [0.15, 0.2) is 16.9 Å². The lowest BCUT2D eigenvalue weighted by Crippen LogP contribution is -2.44. The van der Waals surface area contributed by atoms with Crippen LogP contribution in [0.2, 0.25) is 0 Å². The first kappa shape index (κ1) is 14.4. The lowest BCUT2D eigenvalue weighted by molar-refractivity contribution is -0.140. The number of aromatic amines is 1. The molecule has 102 valence electrons. The number of aryl methyl sites for hydroxylation is 1. The first-order chi connectivity index (χ1) is 8.81. The second-order valence-electron chi connectivity index (χ2n) is 3.92. The number of carboxylic acids is 1. The molecule has 1 rings (SSSR count). The monoisotopic (exact) mass is 267 g/mol. The van der Waals surface area contributed by atoms with Crippen LogP contribution in [0, 0.1) is 6.92 Å². The summed E-state index contributed by atoms with van der Waals surface area (Å²) < 4.78 is 0. The number of aromatic nitrogens is 1. The average Bonchev–Trinajstić information content (AvgIpc) is 2.26. The molecule has 5 N–H and O–H groups in total. The first-order valence-electron chi connectivity index (χ1n) is 5.33. The topological polar surface area (TPSA) is 142 Å². The summed E-state index contributed by atoms with van der Waals surface area (Å²) in [6.07, 6.45) is -0.551. The fourth-order valence-electron chi connectivity index (χ4n) is 1.39. The highest BCUT2D eigenvalue weighted by Gasteiger charge is 2.23. The lowest BCUT2D eigenvalue weighted by atomic mass is 10.1. The Labute approximate surface area is 107 Å². The van der Waals surface area contributed by atoms with Gasteiger partial charge in [0.1, 0.15) is 11.6 Å². The van der Waals surface area contributed by atoms with Crippen molar-refractivity contribution in [2.24, 2.45) is 5.73 Å². The zero-order chi connectivity index (χ0) is 14.6. The molecular weight excluding hydrogens is 254 g/mol. The number of H-pyrrole nitrogens is 1. The molecule has 1 heterocycles. The molecule has 0 aliphatic carbocycles. The number of carboxylic acid groups (broad SMARTS) is 1. The first-order valence-corrected chi connectivity index (χ1v) is 5.33. The van der Waals surface area contributed by atoms with Crippen molar-refractivity contribution in [3.63, 3.8) is 0 Å². The van der Waals surface area contributed by atoms with Crippen LogP contribution in [0.5, 0.6) is 0 Å². The molecule has 0 saturated carbocycles. The van der Waals surface area contributed by atoms with Crippen LogP contribution in [0.25, 0.3) is 0 Å². The zero-order valence-electron chi connectivity index (χ0n) is 10.1. The van der Waals surface area contributed by atoms with Crippen LogP contribution in [-0.2, 0) is 9.59 Å². The number of amides is 2. The maximum Gasteiger partial charge on any atom is 0.326 e. The molecule has 19 heavy (non-hydrogen) atoms. The summed E-state index contributed by atoms with van der Waals surface area (Å²) in [5.41, 5.74) is 4.56. The molecule has 0 fully saturated rings. The Morgan fingerprint density at radius 2 is 2.05 bits per heavy atom. The number of hydrogen-bond acceptors (Lipinski definition) is 4. The molecule has 0 bridgehead atoms. The molecule has 1 aromatic heterocycles. The summed E-state index contributed by atoms with van der Waals surface area (Å²) in [5.74, 6) is -3.16. The fourth-order valence-corrected chi connectivity index (χ4v) is 1.39. The maximum absolute atomic E-state index is 11.7. The summed E-state index contributed by atoms with van der Waals surface area (Å²) in [6.45, 7) is 1.64. The summed E-state index contributed by atoms with van der Waals surface area (Å²) in [5, 5.41) is 10.9. The average molecular weight is 267 g/mol. The van der Waals surface area contributed by atoms with E-state index in [0.29, 0.717) is 5.69 Å². The maximum atomic E-state index is 11.7. The van der Waals surface area contributed by atoms with Crippen molar-refractivity contribution in [3.05, 3.63) is 33.7 Å². The molecule has 8 heteroatoms. The highest BCUT2D eigenvalue weighted by atomic mass is 16.4. The SMILES string of the molecule is Cc1ccc(C(=O)NC(CC(N)=O)C(=O)O)c(=O)[nH]1. The van der Waals surface area contributed by atoms with Gasteiger partial charge in [0, 0.05) is 5.69 Å². The standard InChI is InChI=1S/C11H13N3O5/c1-5-2-3-6(9(16)13-5)10(17)14-7(11(18)19)4-8(12)15/h2-3,7H,4H2,1H3,(H2,12,15)(H,13,16)(H,14,17)(H,18,19). The van der Waals surface area contributed by atoms with Crippen LogP contribution in [0.3, 0.4) is 0 Å². The summed E-state index contributed by atoms with van der Waals surface area (Å²) in [4.78, 5) is 47.1. The molecular formula is C11H13N3O5. The van der Waals surface area contributed by atoms with Gasteiger partial charge >= 0.3 is 5.97 Å². The van der Waals surface area contributed by atoms with E-state index in [-0.39, 0.29) is 5.56 Å². The molecule has 1 unspecified atom stereocenters. The summed E-state index contributed by atoms with van der Waals surface area (Å²) >= 11 is 0. The Morgan fingerprint density at radius 1 is 1.42 bits per heavy atom. The molecule has 1 aromatic rings. The zero-order valence-corrected chi connectivity index (χ0v) is 10.1. The number of pyridine rings is 1. The predicted octanol–water partition coefficient (Wildman–Crippen LogP) is -1.26. The molecule has 8 nitrogen and oxygen atoms in total. The number of rotatable bonds is 5. The predicted molar refractivity (Wildman–Crippen MR) is 64.5 cm³/mol. The largest absolute Gasteiger partial charge is 0.480 e. The van der Waals surface area contributed by atoms with Crippen LogP contribution in [-0.4, -0.2) is 33.9 Å². The van der Waals surface area contributed by atoms with Crippen LogP contribution in [0.1, 0.15) is 22.5 Å². The van der Waals surface area contributed by atoms with Gasteiger partial charge in [0.15, 0.2) is 0 Å². The van der Waals surface area contributed by atoms with Crippen molar-refractivity contribution in [1.82, 2.24) is 10.3 Å². The van der Waals surface area contributed by atoms with Crippen molar-refractivity contribution in [3.8, 4) is 0 Å². The van der Waals surface area contributed by atoms with Gasteiger partial charge in [-0.1, -0.05) is 0 Å². The highest BCUT2D eigenvalue weighted by molar-refractivity contribution is 5.97. The number of primary amides is 1. The Balaban J connectivity index is 2.91. The number of carbonyl (C=O) groups is 3. The minimum absolute atomic E-state index is 0.235. The second kappa shape index (κ2) is 5.80. The summed E-state index contributed by atoms with van der Waals surface area (Å²) in [7, 11) is 0. The van der Waals surface area contributed by atoms with Gasteiger partial charge in [-0.15, -0.1) is 0 Å². The van der Waals surface area contributed by atoms with Gasteiger partial charge in [-0.05, 0) is 19.1 Å². The van der Waals surface area contributed by atoms with Crippen molar-refractivity contribution in [2.75, 3.05) is 0 Å². The van der Waals surface area contributed by atoms with Gasteiger partial charge in [0.25, 0.3) is 11.5 Å². The van der Waals surface area contributed by atoms with Crippen molar-refractivity contribution in [2.45, 2.75) is 19.4 Å². The lowest BCUT2D eigenvalue weighted by Gasteiger charge is -2.12. The highest BCUT2D eigenvalue weighted by Crippen LogP contribution is 1.97. The van der Waals surface area contributed by atoms with E-state index in [1.165, 1.54) is 12.1 Å². The van der Waals surface area contributed by atoms with Gasteiger partial charge in [-0.3, -0.25) is 14.4 Å². The van der Waals surface area contributed by atoms with Crippen molar-refractivity contribution < 1.29 is 19.5 Å². The fraction of sp³-hybridized carbons (Fsp3) is 0.273.